The first-order chi connectivity index (χ1) is 10.7. The molecule has 0 saturated carbocycles. The van der Waals surface area contributed by atoms with Gasteiger partial charge in [-0.2, -0.15) is 0 Å². The maximum atomic E-state index is 5.85. The van der Waals surface area contributed by atoms with Crippen molar-refractivity contribution in [1.82, 2.24) is 24.8 Å². The fourth-order valence-corrected chi connectivity index (χ4v) is 2.39. The number of aromatic nitrogens is 4. The van der Waals surface area contributed by atoms with E-state index in [1.54, 1.807) is 30.9 Å². The van der Waals surface area contributed by atoms with E-state index in [9.17, 15) is 0 Å². The number of morpholine rings is 1. The molecule has 1 aliphatic rings. The van der Waals surface area contributed by atoms with Gasteiger partial charge in [0.25, 0.3) is 0 Å². The lowest BCUT2D eigenvalue weighted by atomic mass is 10.2. The van der Waals surface area contributed by atoms with Crippen molar-refractivity contribution < 1.29 is 4.74 Å². The highest BCUT2D eigenvalue weighted by molar-refractivity contribution is 5.45. The monoisotopic (exact) mass is 300 g/mol. The molecule has 7 nitrogen and oxygen atoms in total. The average Bonchev–Trinajstić information content (AvgIpc) is 2.56. The van der Waals surface area contributed by atoms with Gasteiger partial charge in [0.1, 0.15) is 6.10 Å². The first kappa shape index (κ1) is 14.8. The number of ether oxygens (including phenoxy) is 1. The summed E-state index contributed by atoms with van der Waals surface area (Å²) in [6.07, 6.45) is 6.71. The minimum Gasteiger partial charge on any atom is -0.369 e. The summed E-state index contributed by atoms with van der Waals surface area (Å²) >= 11 is 0. The fourth-order valence-electron chi connectivity index (χ4n) is 2.39. The molecule has 1 atom stereocenters. The molecule has 0 bridgehead atoms. The minimum absolute atomic E-state index is 0.0536. The lowest BCUT2D eigenvalue weighted by Gasteiger charge is -2.35. The van der Waals surface area contributed by atoms with Crippen LogP contribution in [-0.4, -0.2) is 50.6 Å². The molecule has 0 aliphatic carbocycles. The molecule has 3 heterocycles. The summed E-state index contributed by atoms with van der Waals surface area (Å²) in [6.45, 7) is 6.89. The second kappa shape index (κ2) is 6.76. The molecule has 1 aliphatic heterocycles. The summed E-state index contributed by atoms with van der Waals surface area (Å²) in [5, 5.41) is 3.05. The van der Waals surface area contributed by atoms with Gasteiger partial charge in [-0.1, -0.05) is 0 Å². The third-order valence-corrected chi connectivity index (χ3v) is 3.62. The third-order valence-electron chi connectivity index (χ3n) is 3.62. The van der Waals surface area contributed by atoms with E-state index in [-0.39, 0.29) is 6.10 Å². The largest absolute Gasteiger partial charge is 0.369 e. The Balaban J connectivity index is 1.73. The summed E-state index contributed by atoms with van der Waals surface area (Å²) in [6, 6.07) is 2.27. The molecule has 2 aromatic rings. The van der Waals surface area contributed by atoms with Gasteiger partial charge in [0, 0.05) is 31.5 Å². The summed E-state index contributed by atoms with van der Waals surface area (Å²) in [4.78, 5) is 19.5. The molecule has 2 aromatic heterocycles. The van der Waals surface area contributed by atoms with Crippen molar-refractivity contribution in [2.75, 3.05) is 25.0 Å². The van der Waals surface area contributed by atoms with Crippen LogP contribution in [0.2, 0.25) is 0 Å². The van der Waals surface area contributed by atoms with Crippen molar-refractivity contribution in [2.24, 2.45) is 0 Å². The van der Waals surface area contributed by atoms with Crippen molar-refractivity contribution in [1.29, 1.82) is 0 Å². The number of anilines is 2. The molecule has 1 saturated heterocycles. The average molecular weight is 300 g/mol. The van der Waals surface area contributed by atoms with E-state index in [4.69, 9.17) is 4.74 Å². The molecule has 0 spiro atoms. The molecule has 1 unspecified atom stereocenters. The van der Waals surface area contributed by atoms with Crippen LogP contribution in [0.15, 0.2) is 30.9 Å². The first-order valence-electron chi connectivity index (χ1n) is 7.44. The van der Waals surface area contributed by atoms with Gasteiger partial charge in [0.05, 0.1) is 24.7 Å². The van der Waals surface area contributed by atoms with Gasteiger partial charge in [0.2, 0.25) is 5.95 Å². The molecule has 1 N–H and O–H groups in total. The maximum Gasteiger partial charge on any atom is 0.228 e. The maximum absolute atomic E-state index is 5.85. The van der Waals surface area contributed by atoms with E-state index in [1.165, 1.54) is 0 Å². The van der Waals surface area contributed by atoms with E-state index >= 15 is 0 Å². The number of nitrogens with one attached hydrogen (secondary N) is 1. The van der Waals surface area contributed by atoms with E-state index in [1.807, 2.05) is 0 Å². The SMILES string of the molecule is CC(C)N1CCOC(c2cncc(Nc3ncccn3)n2)C1. The van der Waals surface area contributed by atoms with Crippen LogP contribution in [0.3, 0.4) is 0 Å². The Morgan fingerprint density at radius 2 is 2.09 bits per heavy atom. The molecule has 7 heteroatoms. The van der Waals surface area contributed by atoms with Crippen LogP contribution in [-0.2, 0) is 4.74 Å². The third kappa shape index (κ3) is 3.55. The predicted molar refractivity (Wildman–Crippen MR) is 82.7 cm³/mol. The fraction of sp³-hybridized carbons (Fsp3) is 0.467. The van der Waals surface area contributed by atoms with Crippen LogP contribution < -0.4 is 5.32 Å². The van der Waals surface area contributed by atoms with Gasteiger partial charge in [0.15, 0.2) is 5.82 Å². The lowest BCUT2D eigenvalue weighted by molar-refractivity contribution is -0.0422. The van der Waals surface area contributed by atoms with E-state index < -0.39 is 0 Å². The van der Waals surface area contributed by atoms with Gasteiger partial charge in [-0.25, -0.2) is 15.0 Å². The van der Waals surface area contributed by atoms with E-state index in [0.29, 0.717) is 24.4 Å². The molecule has 0 aromatic carbocycles. The lowest BCUT2D eigenvalue weighted by Crippen LogP contribution is -2.42. The molecular weight excluding hydrogens is 280 g/mol. The van der Waals surface area contributed by atoms with Gasteiger partial charge in [-0.15, -0.1) is 0 Å². The highest BCUT2D eigenvalue weighted by Gasteiger charge is 2.25. The topological polar surface area (TPSA) is 76.1 Å². The highest BCUT2D eigenvalue weighted by Crippen LogP contribution is 2.22. The first-order valence-corrected chi connectivity index (χ1v) is 7.44. The van der Waals surface area contributed by atoms with Crippen LogP contribution in [0.4, 0.5) is 11.8 Å². The molecule has 116 valence electrons. The van der Waals surface area contributed by atoms with Crippen LogP contribution in [0.1, 0.15) is 25.6 Å². The zero-order chi connectivity index (χ0) is 15.4. The smallest absolute Gasteiger partial charge is 0.228 e. The number of hydrogen-bond acceptors (Lipinski definition) is 7. The van der Waals surface area contributed by atoms with Crippen molar-refractivity contribution in [2.45, 2.75) is 26.0 Å². The number of rotatable bonds is 4. The Kier molecular flexibility index (Phi) is 4.55. The van der Waals surface area contributed by atoms with Crippen molar-refractivity contribution >= 4 is 11.8 Å². The summed E-state index contributed by atoms with van der Waals surface area (Å²) < 4.78 is 5.85. The van der Waals surface area contributed by atoms with Gasteiger partial charge >= 0.3 is 0 Å². The van der Waals surface area contributed by atoms with Crippen molar-refractivity contribution in [3.8, 4) is 0 Å². The molecule has 0 radical (unpaired) electrons. The zero-order valence-corrected chi connectivity index (χ0v) is 12.8. The number of hydrogen-bond donors (Lipinski definition) is 1. The predicted octanol–water partition coefficient (Wildman–Crippen LogP) is 1.79. The van der Waals surface area contributed by atoms with Gasteiger partial charge < -0.3 is 10.1 Å². The molecule has 3 rings (SSSR count). The van der Waals surface area contributed by atoms with E-state index in [0.717, 1.165) is 18.8 Å². The summed E-state index contributed by atoms with van der Waals surface area (Å²) in [7, 11) is 0. The van der Waals surface area contributed by atoms with Crippen LogP contribution >= 0.6 is 0 Å². The molecular formula is C15H20N6O. The quantitative estimate of drug-likeness (QED) is 0.922. The molecule has 22 heavy (non-hydrogen) atoms. The van der Waals surface area contributed by atoms with Crippen LogP contribution in [0.5, 0.6) is 0 Å². The van der Waals surface area contributed by atoms with Crippen molar-refractivity contribution in [3.05, 3.63) is 36.5 Å². The van der Waals surface area contributed by atoms with E-state index in [2.05, 4.69) is 44.0 Å². The standard InChI is InChI=1S/C15H20N6O/c1-11(2)21-6-7-22-13(10-21)12-8-16-9-14(19-12)20-15-17-4-3-5-18-15/h3-5,8-9,11,13H,6-7,10H2,1-2H3,(H,17,18,19,20). The molecule has 0 amide bonds. The Labute approximate surface area is 129 Å². The Morgan fingerprint density at radius 3 is 2.86 bits per heavy atom. The molecule has 1 fully saturated rings. The second-order valence-corrected chi connectivity index (χ2v) is 5.47. The zero-order valence-electron chi connectivity index (χ0n) is 12.8. The normalized spacial score (nSPS) is 19.3. The Hall–Kier alpha value is -2.12. The number of nitrogens with zero attached hydrogens (tertiary/aromatic N) is 5. The Morgan fingerprint density at radius 1 is 1.27 bits per heavy atom. The van der Waals surface area contributed by atoms with Crippen molar-refractivity contribution in [3.63, 3.8) is 0 Å². The summed E-state index contributed by atoms with van der Waals surface area (Å²) in [5.41, 5.74) is 0.825. The Bertz CT molecular complexity index is 606. The second-order valence-electron chi connectivity index (χ2n) is 5.47. The van der Waals surface area contributed by atoms with Gasteiger partial charge in [-0.05, 0) is 19.9 Å². The van der Waals surface area contributed by atoms with Crippen LogP contribution in [0, 0.1) is 0 Å². The minimum atomic E-state index is -0.0536. The van der Waals surface area contributed by atoms with Crippen LogP contribution in [0.25, 0.3) is 0 Å². The summed E-state index contributed by atoms with van der Waals surface area (Å²) in [5.74, 6) is 1.12. The highest BCUT2D eigenvalue weighted by atomic mass is 16.5. The van der Waals surface area contributed by atoms with Gasteiger partial charge in [-0.3, -0.25) is 9.88 Å².